The molecule has 0 saturated carbocycles. The van der Waals surface area contributed by atoms with E-state index in [0.29, 0.717) is 17.3 Å². The summed E-state index contributed by atoms with van der Waals surface area (Å²) in [4.78, 5) is 23.7. The van der Waals surface area contributed by atoms with E-state index < -0.39 is 18.5 Å². The van der Waals surface area contributed by atoms with Gasteiger partial charge in [-0.25, -0.2) is 4.79 Å². The van der Waals surface area contributed by atoms with E-state index >= 15 is 0 Å². The molecular weight excluding hydrogens is 304 g/mol. The third-order valence-electron chi connectivity index (χ3n) is 2.82. The number of anilines is 1. The molecule has 8 heteroatoms. The molecule has 1 aromatic heterocycles. The third kappa shape index (κ3) is 4.47. The number of nitrogens with one attached hydrogen (secondary N) is 1. The van der Waals surface area contributed by atoms with E-state index in [0.717, 1.165) is 0 Å². The Balaban J connectivity index is 1.95. The summed E-state index contributed by atoms with van der Waals surface area (Å²) in [5.41, 5.74) is 0.214. The maximum atomic E-state index is 12.0. The Kier molecular flexibility index (Phi) is 5.19. The predicted molar refractivity (Wildman–Crippen MR) is 79.7 cm³/mol. The summed E-state index contributed by atoms with van der Waals surface area (Å²) in [5.74, 6) is 0.500. The molecule has 0 radical (unpaired) electrons. The molecule has 0 fully saturated rings. The number of carbonyl (C=O) groups is 2. The van der Waals surface area contributed by atoms with Gasteiger partial charge in [-0.1, -0.05) is 5.16 Å². The molecule has 0 spiro atoms. The topological polar surface area (TPSA) is 99.9 Å². The molecule has 2 aromatic rings. The van der Waals surface area contributed by atoms with Crippen molar-refractivity contribution in [1.29, 1.82) is 0 Å². The molecule has 0 unspecified atom stereocenters. The first kappa shape index (κ1) is 16.3. The minimum Gasteiger partial charge on any atom is -0.497 e. The Bertz CT molecular complexity index is 687. The zero-order valence-electron chi connectivity index (χ0n) is 12.9. The van der Waals surface area contributed by atoms with Crippen LogP contribution >= 0.6 is 0 Å². The minimum absolute atomic E-state index is 0.214. The fourth-order valence-corrected chi connectivity index (χ4v) is 1.74. The highest BCUT2D eigenvalue weighted by Gasteiger charge is 2.14. The molecule has 1 aromatic carbocycles. The lowest BCUT2D eigenvalue weighted by molar-refractivity contribution is -0.119. The maximum Gasteiger partial charge on any atom is 0.338 e. The van der Waals surface area contributed by atoms with E-state index in [1.165, 1.54) is 26.4 Å². The maximum absolute atomic E-state index is 12.0. The van der Waals surface area contributed by atoms with Crippen LogP contribution in [-0.4, -0.2) is 37.9 Å². The molecule has 0 atom stereocenters. The molecule has 1 N–H and O–H groups in total. The summed E-state index contributed by atoms with van der Waals surface area (Å²) in [5, 5.41) is 6.05. The highest BCUT2D eigenvalue weighted by molar-refractivity contribution is 5.95. The van der Waals surface area contributed by atoms with Crippen molar-refractivity contribution in [2.75, 3.05) is 26.1 Å². The van der Waals surface area contributed by atoms with E-state index in [1.54, 1.807) is 19.1 Å². The van der Waals surface area contributed by atoms with Gasteiger partial charge in [-0.05, 0) is 19.1 Å². The molecule has 2 rings (SSSR count). The van der Waals surface area contributed by atoms with Crippen molar-refractivity contribution in [1.82, 2.24) is 5.16 Å². The average Bonchev–Trinajstić information content (AvgIpc) is 2.96. The Morgan fingerprint density at radius 1 is 1.13 bits per heavy atom. The summed E-state index contributed by atoms with van der Waals surface area (Å²) in [7, 11) is 2.94. The highest BCUT2D eigenvalue weighted by Crippen LogP contribution is 2.22. The molecule has 0 aliphatic rings. The average molecular weight is 320 g/mol. The Morgan fingerprint density at radius 2 is 1.78 bits per heavy atom. The SMILES string of the molecule is COc1cc(OC)cc(C(=O)OCC(=O)Nc2cc(C)on2)c1. The van der Waals surface area contributed by atoms with Crippen LogP contribution in [0.4, 0.5) is 5.82 Å². The second-order valence-corrected chi connectivity index (χ2v) is 4.55. The number of methoxy groups -OCH3 is 2. The van der Waals surface area contributed by atoms with Gasteiger partial charge >= 0.3 is 5.97 Å². The number of benzene rings is 1. The Morgan fingerprint density at radius 3 is 2.30 bits per heavy atom. The van der Waals surface area contributed by atoms with E-state index in [4.69, 9.17) is 18.7 Å². The van der Waals surface area contributed by atoms with Crippen molar-refractivity contribution in [3.63, 3.8) is 0 Å². The van der Waals surface area contributed by atoms with Crippen molar-refractivity contribution in [2.24, 2.45) is 0 Å². The van der Waals surface area contributed by atoms with Crippen LogP contribution in [0, 0.1) is 6.92 Å². The first-order valence-corrected chi connectivity index (χ1v) is 6.65. The number of carbonyl (C=O) groups excluding carboxylic acids is 2. The lowest BCUT2D eigenvalue weighted by atomic mass is 10.2. The zero-order chi connectivity index (χ0) is 16.8. The zero-order valence-corrected chi connectivity index (χ0v) is 12.9. The molecular formula is C15H16N2O6. The fourth-order valence-electron chi connectivity index (χ4n) is 1.74. The van der Waals surface area contributed by atoms with Crippen molar-refractivity contribution in [3.05, 3.63) is 35.6 Å². The van der Waals surface area contributed by atoms with Crippen LogP contribution in [0.1, 0.15) is 16.1 Å². The van der Waals surface area contributed by atoms with Crippen molar-refractivity contribution >= 4 is 17.7 Å². The molecule has 23 heavy (non-hydrogen) atoms. The van der Waals surface area contributed by atoms with E-state index in [-0.39, 0.29) is 11.4 Å². The monoisotopic (exact) mass is 320 g/mol. The van der Waals surface area contributed by atoms with Crippen LogP contribution < -0.4 is 14.8 Å². The molecule has 1 heterocycles. The van der Waals surface area contributed by atoms with Gasteiger partial charge in [0.25, 0.3) is 5.91 Å². The van der Waals surface area contributed by atoms with Gasteiger partial charge in [-0.15, -0.1) is 0 Å². The smallest absolute Gasteiger partial charge is 0.338 e. The van der Waals surface area contributed by atoms with Crippen molar-refractivity contribution < 1.29 is 28.3 Å². The normalized spacial score (nSPS) is 10.0. The van der Waals surface area contributed by atoms with Gasteiger partial charge in [-0.3, -0.25) is 4.79 Å². The number of esters is 1. The van der Waals surface area contributed by atoms with Gasteiger partial charge in [-0.2, -0.15) is 0 Å². The van der Waals surface area contributed by atoms with Crippen LogP contribution in [0.3, 0.4) is 0 Å². The van der Waals surface area contributed by atoms with Gasteiger partial charge < -0.3 is 24.1 Å². The summed E-state index contributed by atoms with van der Waals surface area (Å²) >= 11 is 0. The number of ether oxygens (including phenoxy) is 3. The third-order valence-corrected chi connectivity index (χ3v) is 2.82. The number of amides is 1. The van der Waals surface area contributed by atoms with Crippen molar-refractivity contribution in [2.45, 2.75) is 6.92 Å². The first-order valence-electron chi connectivity index (χ1n) is 6.65. The second-order valence-electron chi connectivity index (χ2n) is 4.55. The number of aryl methyl sites for hydroxylation is 1. The predicted octanol–water partition coefficient (Wildman–Crippen LogP) is 1.80. The second kappa shape index (κ2) is 7.30. The lowest BCUT2D eigenvalue weighted by Crippen LogP contribution is -2.21. The van der Waals surface area contributed by atoms with Crippen LogP contribution in [0.2, 0.25) is 0 Å². The number of aromatic nitrogens is 1. The van der Waals surface area contributed by atoms with E-state index in [2.05, 4.69) is 10.5 Å². The number of rotatable bonds is 6. The van der Waals surface area contributed by atoms with Crippen LogP contribution in [0.25, 0.3) is 0 Å². The lowest BCUT2D eigenvalue weighted by Gasteiger charge is -2.08. The van der Waals surface area contributed by atoms with E-state index in [9.17, 15) is 9.59 Å². The Labute approximate surface area is 132 Å². The first-order chi connectivity index (χ1) is 11.0. The summed E-state index contributed by atoms with van der Waals surface area (Å²) in [6.07, 6.45) is 0. The summed E-state index contributed by atoms with van der Waals surface area (Å²) < 4.78 is 19.9. The van der Waals surface area contributed by atoms with Gasteiger partial charge in [0.1, 0.15) is 17.3 Å². The number of hydrogen-bond acceptors (Lipinski definition) is 7. The standard InChI is InChI=1S/C15H16N2O6/c1-9-4-13(17-23-9)16-14(18)8-22-15(19)10-5-11(20-2)7-12(6-10)21-3/h4-7H,8H2,1-3H3,(H,16,17,18). The molecule has 122 valence electrons. The van der Waals surface area contributed by atoms with Crippen molar-refractivity contribution in [3.8, 4) is 11.5 Å². The quantitative estimate of drug-likeness (QED) is 0.810. The minimum atomic E-state index is -0.673. The highest BCUT2D eigenvalue weighted by atomic mass is 16.5. The molecule has 1 amide bonds. The molecule has 0 saturated heterocycles. The number of hydrogen-bond donors (Lipinski definition) is 1. The molecule has 0 aliphatic heterocycles. The molecule has 8 nitrogen and oxygen atoms in total. The fraction of sp³-hybridized carbons (Fsp3) is 0.267. The Hall–Kier alpha value is -3.03. The summed E-state index contributed by atoms with van der Waals surface area (Å²) in [6.45, 7) is 1.24. The van der Waals surface area contributed by atoms with Crippen LogP contribution in [0.5, 0.6) is 11.5 Å². The molecule has 0 bridgehead atoms. The van der Waals surface area contributed by atoms with E-state index in [1.807, 2.05) is 0 Å². The van der Waals surface area contributed by atoms with Gasteiger partial charge in [0.05, 0.1) is 19.8 Å². The summed E-state index contributed by atoms with van der Waals surface area (Å²) in [6, 6.07) is 6.15. The largest absolute Gasteiger partial charge is 0.497 e. The number of nitrogens with zero attached hydrogens (tertiary/aromatic N) is 1. The van der Waals surface area contributed by atoms with Crippen LogP contribution in [0.15, 0.2) is 28.8 Å². The van der Waals surface area contributed by atoms with Gasteiger partial charge in [0.2, 0.25) is 0 Å². The van der Waals surface area contributed by atoms with Gasteiger partial charge in [0.15, 0.2) is 12.4 Å². The van der Waals surface area contributed by atoms with Gasteiger partial charge in [0, 0.05) is 12.1 Å². The molecule has 0 aliphatic carbocycles. The van der Waals surface area contributed by atoms with Crippen LogP contribution in [-0.2, 0) is 9.53 Å².